The van der Waals surface area contributed by atoms with E-state index in [0.717, 1.165) is 0 Å². The molecule has 1 fully saturated rings. The summed E-state index contributed by atoms with van der Waals surface area (Å²) in [7, 11) is 4.31. The van der Waals surface area contributed by atoms with Crippen molar-refractivity contribution in [3.8, 4) is 0 Å². The van der Waals surface area contributed by atoms with E-state index in [1.165, 1.54) is 21.3 Å². The topological polar surface area (TPSA) is 165 Å². The summed E-state index contributed by atoms with van der Waals surface area (Å²) >= 11 is 0. The lowest BCUT2D eigenvalue weighted by atomic mass is 10.1. The Morgan fingerprint density at radius 1 is 0.804 bits per heavy atom. The average molecular weight is 707 g/mol. The van der Waals surface area contributed by atoms with E-state index in [1.54, 1.807) is 0 Å². The summed E-state index contributed by atoms with van der Waals surface area (Å²) in [4.78, 5) is 22.3. The molecule has 0 aromatic rings. The van der Waals surface area contributed by atoms with Gasteiger partial charge in [0, 0.05) is 60.1 Å². The summed E-state index contributed by atoms with van der Waals surface area (Å²) in [6.45, 7) is -1.74. The third kappa shape index (κ3) is 27.1. The second-order valence-corrected chi connectivity index (χ2v) is 9.44. The van der Waals surface area contributed by atoms with E-state index in [9.17, 15) is 53.5 Å². The normalized spacial score (nSPS) is 17.8. The Bertz CT molecular complexity index is 829. The van der Waals surface area contributed by atoms with E-state index in [1.807, 2.05) is 5.32 Å². The van der Waals surface area contributed by atoms with Crippen molar-refractivity contribution in [3.05, 3.63) is 0 Å². The van der Waals surface area contributed by atoms with Crippen LogP contribution in [0.4, 0.5) is 43.9 Å². The first-order chi connectivity index (χ1) is 21.0. The van der Waals surface area contributed by atoms with Crippen LogP contribution in [0.3, 0.4) is 0 Å². The van der Waals surface area contributed by atoms with E-state index in [-0.39, 0.29) is 26.3 Å². The van der Waals surface area contributed by atoms with Crippen LogP contribution in [0.25, 0.3) is 0 Å². The Morgan fingerprint density at radius 2 is 1.26 bits per heavy atom. The van der Waals surface area contributed by atoms with Crippen LogP contribution in [0, 0.1) is 0 Å². The molecule has 1 aliphatic heterocycles. The predicted octanol–water partition coefficient (Wildman–Crippen LogP) is 2.24. The second kappa shape index (κ2) is 22.5. The minimum Gasteiger partial charge on any atom is -0.394 e. The third-order valence-corrected chi connectivity index (χ3v) is 5.22. The van der Waals surface area contributed by atoms with Crippen molar-refractivity contribution in [1.29, 1.82) is 0 Å². The van der Waals surface area contributed by atoms with Gasteiger partial charge in [-0.2, -0.15) is 26.3 Å². The van der Waals surface area contributed by atoms with Crippen molar-refractivity contribution in [2.75, 3.05) is 54.2 Å². The van der Waals surface area contributed by atoms with Crippen molar-refractivity contribution in [2.24, 2.45) is 0 Å². The number of amides is 2. The molecule has 22 heteroatoms. The van der Waals surface area contributed by atoms with Crippen molar-refractivity contribution in [1.82, 2.24) is 10.6 Å². The van der Waals surface area contributed by atoms with Gasteiger partial charge >= 0.3 is 12.4 Å². The molecule has 3 unspecified atom stereocenters. The zero-order chi connectivity index (χ0) is 36.2. The van der Waals surface area contributed by atoms with Crippen LogP contribution in [0.1, 0.15) is 38.5 Å². The molecule has 0 radical (unpaired) electrons. The Morgan fingerprint density at radius 3 is 1.59 bits per heavy atom. The number of halogens is 10. The molecule has 46 heavy (non-hydrogen) atoms. The molecular weight excluding hydrogens is 666 g/mol. The van der Waals surface area contributed by atoms with Crippen molar-refractivity contribution in [2.45, 2.75) is 87.7 Å². The highest BCUT2D eigenvalue weighted by molar-refractivity contribution is 5.76. The maximum absolute atomic E-state index is 13.0. The number of ether oxygens (including phenoxy) is 5. The highest BCUT2D eigenvalue weighted by atomic mass is 19.4. The van der Waals surface area contributed by atoms with Crippen molar-refractivity contribution in [3.63, 3.8) is 0 Å². The molecule has 1 saturated heterocycles. The van der Waals surface area contributed by atoms with E-state index < -0.39 is 106 Å². The molecule has 1 rings (SSSR count). The highest BCUT2D eigenvalue weighted by Crippen LogP contribution is 2.35. The van der Waals surface area contributed by atoms with Crippen LogP contribution in [0.15, 0.2) is 0 Å². The molecule has 1 aliphatic rings. The van der Waals surface area contributed by atoms with Crippen LogP contribution in [0.5, 0.6) is 0 Å². The fraction of sp³-hybridized carbons (Fsp3) is 0.917. The van der Waals surface area contributed by atoms with Crippen LogP contribution in [-0.2, 0) is 33.3 Å². The molecule has 5 N–H and O–H groups in total. The molecule has 0 saturated carbocycles. The van der Waals surface area contributed by atoms with Crippen molar-refractivity contribution < 1.29 is 92.5 Å². The minimum atomic E-state index is -4.99. The Kier molecular flexibility index (Phi) is 22.5. The first-order valence-corrected chi connectivity index (χ1v) is 13.2. The lowest BCUT2D eigenvalue weighted by molar-refractivity contribution is -0.222. The van der Waals surface area contributed by atoms with Gasteiger partial charge in [0.15, 0.2) is 6.29 Å². The first-order valence-electron chi connectivity index (χ1n) is 13.2. The number of aliphatic hydroxyl groups is 3. The van der Waals surface area contributed by atoms with Gasteiger partial charge in [-0.1, -0.05) is 0 Å². The second-order valence-electron chi connectivity index (χ2n) is 9.44. The summed E-state index contributed by atoms with van der Waals surface area (Å²) in [5, 5.41) is 29.8. The number of hydrogen-bond donors (Lipinski definition) is 5. The van der Waals surface area contributed by atoms with E-state index >= 15 is 0 Å². The van der Waals surface area contributed by atoms with Crippen LogP contribution >= 0.6 is 0 Å². The number of carbonyl (C=O) groups excluding carboxylic acids is 2. The van der Waals surface area contributed by atoms with E-state index in [2.05, 4.69) is 14.8 Å². The van der Waals surface area contributed by atoms with Gasteiger partial charge in [-0.25, -0.2) is 17.6 Å². The van der Waals surface area contributed by atoms with Gasteiger partial charge in [-0.05, 0) is 0 Å². The van der Waals surface area contributed by atoms with Gasteiger partial charge < -0.3 is 49.6 Å². The standard InChI is InChI=1S/C11H16F5NO4.C9H14F5NO3.C4H10O3/c1-19-9-20-5-7(21-9)4-17-8(18)2-3-10(12,13)6-11(14,15)16;10-8(11,5-9(12,13)14)2-1-7(18)15-3-6(17)4-16;1-6-4(3-5)7-2/h7,9H,2-6H2,1H3,(H,17,18);6,16-17H,1-5H2,(H,15,18);4-5H,3H2,1-2H3. The minimum absolute atomic E-state index is 0.00351. The van der Waals surface area contributed by atoms with Gasteiger partial charge in [-0.15, -0.1) is 0 Å². The number of aliphatic hydroxyl groups excluding tert-OH is 3. The van der Waals surface area contributed by atoms with Gasteiger partial charge in [0.05, 0.1) is 25.9 Å². The lowest BCUT2D eigenvalue weighted by Crippen LogP contribution is -2.35. The van der Waals surface area contributed by atoms with Gasteiger partial charge in [-0.3, -0.25) is 9.59 Å². The first kappa shape index (κ1) is 46.0. The molecule has 3 atom stereocenters. The molecule has 0 aromatic carbocycles. The molecule has 1 heterocycles. The molecule has 0 spiro atoms. The number of nitrogens with one attached hydrogen (secondary N) is 2. The summed E-state index contributed by atoms with van der Waals surface area (Å²) in [6.07, 6.45) is -20.5. The molecule has 12 nitrogen and oxygen atoms in total. The number of rotatable bonds is 17. The summed E-state index contributed by atoms with van der Waals surface area (Å²) in [6, 6.07) is 0. The zero-order valence-corrected chi connectivity index (χ0v) is 25.1. The van der Waals surface area contributed by atoms with Crippen LogP contribution < -0.4 is 10.6 Å². The zero-order valence-electron chi connectivity index (χ0n) is 25.1. The Balaban J connectivity index is 0. The average Bonchev–Trinajstić information content (AvgIpc) is 3.40. The number of methoxy groups -OCH3 is 3. The summed E-state index contributed by atoms with van der Waals surface area (Å²) < 4.78 is 146. The summed E-state index contributed by atoms with van der Waals surface area (Å²) in [5.74, 6) is -9.64. The maximum Gasteiger partial charge on any atom is 0.394 e. The number of hydrogen-bond acceptors (Lipinski definition) is 10. The van der Waals surface area contributed by atoms with Crippen LogP contribution in [0.2, 0.25) is 0 Å². The molecular formula is C24H40F10N2O10. The third-order valence-electron chi connectivity index (χ3n) is 5.22. The highest BCUT2D eigenvalue weighted by Gasteiger charge is 2.44. The van der Waals surface area contributed by atoms with E-state index in [4.69, 9.17) is 29.5 Å². The molecule has 276 valence electrons. The molecule has 2 amide bonds. The molecule has 0 aliphatic carbocycles. The fourth-order valence-electron chi connectivity index (χ4n) is 2.95. The molecule has 0 bridgehead atoms. The smallest absolute Gasteiger partial charge is 0.394 e. The fourth-order valence-corrected chi connectivity index (χ4v) is 2.95. The predicted molar refractivity (Wildman–Crippen MR) is 135 cm³/mol. The quantitative estimate of drug-likeness (QED) is 0.112. The number of alkyl halides is 10. The van der Waals surface area contributed by atoms with Gasteiger partial charge in [0.2, 0.25) is 11.8 Å². The lowest BCUT2D eigenvalue weighted by Gasteiger charge is -2.18. The Hall–Kier alpha value is -2.08. The van der Waals surface area contributed by atoms with Gasteiger partial charge in [0.1, 0.15) is 18.9 Å². The summed E-state index contributed by atoms with van der Waals surface area (Å²) in [5.41, 5.74) is 0. The SMILES string of the molecule is COC(CO)OC.COC1OCC(CNC(=O)CCC(F)(F)CC(F)(F)F)O1.O=C(CCC(F)(F)CC(F)(F)F)NCC(O)CO. The largest absolute Gasteiger partial charge is 0.394 e. The van der Waals surface area contributed by atoms with Crippen LogP contribution in [-0.4, -0.2) is 131 Å². The van der Waals surface area contributed by atoms with Gasteiger partial charge in [0.25, 0.3) is 18.3 Å². The van der Waals surface area contributed by atoms with Crippen molar-refractivity contribution >= 4 is 11.8 Å². The Labute approximate surface area is 257 Å². The van der Waals surface area contributed by atoms with E-state index in [0.29, 0.717) is 0 Å². The maximum atomic E-state index is 13.0. The number of carbonyl (C=O) groups is 2. The monoisotopic (exact) mass is 706 g/mol. The molecule has 0 aromatic heterocycles.